The van der Waals surface area contributed by atoms with Gasteiger partial charge in [0.15, 0.2) is 0 Å². The van der Waals surface area contributed by atoms with Gasteiger partial charge in [-0.15, -0.1) is 0 Å². The Morgan fingerprint density at radius 3 is 2.29 bits per heavy atom. The topological polar surface area (TPSA) is 94.9 Å². The molecule has 2 aromatic carbocycles. The van der Waals surface area contributed by atoms with Gasteiger partial charge in [0, 0.05) is 17.2 Å². The van der Waals surface area contributed by atoms with Crippen LogP contribution in [0.15, 0.2) is 60.0 Å². The fraction of sp³-hybridized carbons (Fsp3) is 0.217. The van der Waals surface area contributed by atoms with Crippen molar-refractivity contribution < 1.29 is 19.0 Å². The number of benzene rings is 2. The normalized spacial score (nSPS) is 10.9. The number of rotatable bonds is 8. The highest BCUT2D eigenvalue weighted by Gasteiger charge is 2.10. The Morgan fingerprint density at radius 1 is 1.00 bits per heavy atom. The first kappa shape index (κ1) is 21.8. The van der Waals surface area contributed by atoms with E-state index in [0.29, 0.717) is 22.8 Å². The van der Waals surface area contributed by atoms with E-state index in [2.05, 4.69) is 20.5 Å². The molecule has 1 N–H and O–H groups in total. The third kappa shape index (κ3) is 6.02. The van der Waals surface area contributed by atoms with E-state index in [9.17, 15) is 4.79 Å². The van der Waals surface area contributed by atoms with E-state index in [1.807, 2.05) is 38.1 Å². The summed E-state index contributed by atoms with van der Waals surface area (Å²) in [5, 5.41) is 3.99. The second-order valence-corrected chi connectivity index (χ2v) is 6.83. The van der Waals surface area contributed by atoms with Crippen LogP contribution in [-0.2, 0) is 0 Å². The molecule has 0 spiro atoms. The predicted molar refractivity (Wildman–Crippen MR) is 118 cm³/mol. The number of hydrazone groups is 1. The highest BCUT2D eigenvalue weighted by atomic mass is 16.5. The third-order valence-electron chi connectivity index (χ3n) is 4.14. The first-order valence-corrected chi connectivity index (χ1v) is 9.64. The second-order valence-electron chi connectivity index (χ2n) is 6.83. The molecule has 0 bridgehead atoms. The van der Waals surface area contributed by atoms with E-state index >= 15 is 0 Å². The Bertz CT molecular complexity index is 1040. The molecule has 0 saturated heterocycles. The lowest BCUT2D eigenvalue weighted by Crippen LogP contribution is -2.19. The zero-order valence-electron chi connectivity index (χ0n) is 17.8. The molecule has 1 heterocycles. The van der Waals surface area contributed by atoms with Gasteiger partial charge in [-0.3, -0.25) is 9.78 Å². The lowest BCUT2D eigenvalue weighted by Gasteiger charge is -2.10. The van der Waals surface area contributed by atoms with Gasteiger partial charge < -0.3 is 14.2 Å². The molecule has 0 aliphatic heterocycles. The summed E-state index contributed by atoms with van der Waals surface area (Å²) in [5.41, 5.74) is 4.72. The van der Waals surface area contributed by atoms with Crippen molar-refractivity contribution in [3.05, 3.63) is 66.1 Å². The molecule has 0 saturated carbocycles. The van der Waals surface area contributed by atoms with Gasteiger partial charge in [0.2, 0.25) is 0 Å². The maximum Gasteiger partial charge on any atom is 0.291 e. The number of ether oxygens (including phenoxy) is 3. The van der Waals surface area contributed by atoms with Crippen molar-refractivity contribution in [1.29, 1.82) is 0 Å². The molecule has 0 unspecified atom stereocenters. The SMILES string of the molecule is COc1cc(/C=N/NC(=O)c2cncc(-c3ccc(OC(C)C)cc3)n2)cc(OC)c1. The molecule has 1 aromatic heterocycles. The van der Waals surface area contributed by atoms with Crippen molar-refractivity contribution in [2.75, 3.05) is 14.2 Å². The van der Waals surface area contributed by atoms with Crippen LogP contribution in [0.5, 0.6) is 17.2 Å². The lowest BCUT2D eigenvalue weighted by molar-refractivity contribution is 0.0950. The number of nitrogens with zero attached hydrogens (tertiary/aromatic N) is 3. The Kier molecular flexibility index (Phi) is 7.16. The summed E-state index contributed by atoms with van der Waals surface area (Å²) in [4.78, 5) is 21.0. The maximum atomic E-state index is 12.4. The summed E-state index contributed by atoms with van der Waals surface area (Å²) in [6, 6.07) is 12.7. The number of carbonyl (C=O) groups excluding carboxylic acids is 1. The van der Waals surface area contributed by atoms with Crippen molar-refractivity contribution >= 4 is 12.1 Å². The average molecular weight is 420 g/mol. The highest BCUT2D eigenvalue weighted by molar-refractivity contribution is 5.93. The van der Waals surface area contributed by atoms with Crippen molar-refractivity contribution in [2.45, 2.75) is 20.0 Å². The Morgan fingerprint density at radius 2 is 1.68 bits per heavy atom. The molecule has 8 heteroatoms. The van der Waals surface area contributed by atoms with Gasteiger partial charge in [-0.1, -0.05) is 0 Å². The molecule has 1 amide bonds. The van der Waals surface area contributed by atoms with Gasteiger partial charge in [0.05, 0.1) is 44.6 Å². The Balaban J connectivity index is 1.70. The van der Waals surface area contributed by atoms with Crippen LogP contribution in [0.25, 0.3) is 11.3 Å². The van der Waals surface area contributed by atoms with Gasteiger partial charge in [-0.2, -0.15) is 5.10 Å². The fourth-order valence-corrected chi connectivity index (χ4v) is 2.72. The highest BCUT2D eigenvalue weighted by Crippen LogP contribution is 2.22. The summed E-state index contributed by atoms with van der Waals surface area (Å²) in [6.45, 7) is 3.93. The zero-order chi connectivity index (χ0) is 22.2. The minimum absolute atomic E-state index is 0.0938. The van der Waals surface area contributed by atoms with Crippen molar-refractivity contribution in [2.24, 2.45) is 5.10 Å². The van der Waals surface area contributed by atoms with Gasteiger partial charge in [0.25, 0.3) is 5.91 Å². The van der Waals surface area contributed by atoms with Crippen LogP contribution < -0.4 is 19.6 Å². The monoisotopic (exact) mass is 420 g/mol. The Labute approximate surface area is 180 Å². The molecular weight excluding hydrogens is 396 g/mol. The van der Waals surface area contributed by atoms with Gasteiger partial charge in [-0.25, -0.2) is 10.4 Å². The number of aromatic nitrogens is 2. The van der Waals surface area contributed by atoms with Crippen LogP contribution in [0.2, 0.25) is 0 Å². The Hall–Kier alpha value is -3.94. The fourth-order valence-electron chi connectivity index (χ4n) is 2.72. The number of carbonyl (C=O) groups is 1. The maximum absolute atomic E-state index is 12.4. The first-order chi connectivity index (χ1) is 15.0. The molecule has 8 nitrogen and oxygen atoms in total. The van der Waals surface area contributed by atoms with E-state index in [0.717, 1.165) is 11.3 Å². The van der Waals surface area contributed by atoms with Gasteiger partial charge in [0.1, 0.15) is 22.9 Å². The molecule has 0 aliphatic rings. The summed E-state index contributed by atoms with van der Waals surface area (Å²) in [6.07, 6.45) is 4.57. The molecule has 31 heavy (non-hydrogen) atoms. The van der Waals surface area contributed by atoms with Gasteiger partial charge in [-0.05, 0) is 50.2 Å². The van der Waals surface area contributed by atoms with Crippen molar-refractivity contribution in [3.8, 4) is 28.5 Å². The minimum Gasteiger partial charge on any atom is -0.497 e. The summed E-state index contributed by atoms with van der Waals surface area (Å²) in [5.74, 6) is 1.54. The number of hydrogen-bond donors (Lipinski definition) is 1. The van der Waals surface area contributed by atoms with Crippen LogP contribution in [0, 0.1) is 0 Å². The number of hydrogen-bond acceptors (Lipinski definition) is 7. The molecule has 0 atom stereocenters. The van der Waals surface area contributed by atoms with Gasteiger partial charge >= 0.3 is 0 Å². The predicted octanol–water partition coefficient (Wildman–Crippen LogP) is 3.71. The van der Waals surface area contributed by atoms with Crippen molar-refractivity contribution in [3.63, 3.8) is 0 Å². The molecule has 160 valence electrons. The van der Waals surface area contributed by atoms with E-state index < -0.39 is 5.91 Å². The average Bonchev–Trinajstić information content (AvgIpc) is 2.79. The van der Waals surface area contributed by atoms with Crippen LogP contribution in [-0.4, -0.2) is 42.4 Å². The van der Waals surface area contributed by atoms with E-state index in [1.165, 1.54) is 12.4 Å². The molecule has 0 fully saturated rings. The van der Waals surface area contributed by atoms with Crippen LogP contribution in [0.4, 0.5) is 0 Å². The number of amides is 1. The standard InChI is InChI=1S/C23H24N4O4/c1-15(2)31-18-7-5-17(6-8-18)21-13-24-14-22(26-21)23(28)27-25-12-16-9-19(29-3)11-20(10-16)30-4/h5-15H,1-4H3,(H,27,28)/b25-12+. The second kappa shape index (κ2) is 10.2. The summed E-state index contributed by atoms with van der Waals surface area (Å²) >= 11 is 0. The summed E-state index contributed by atoms with van der Waals surface area (Å²) in [7, 11) is 3.13. The third-order valence-corrected chi connectivity index (χ3v) is 4.14. The summed E-state index contributed by atoms with van der Waals surface area (Å²) < 4.78 is 16.1. The van der Waals surface area contributed by atoms with Crippen LogP contribution in [0.1, 0.15) is 29.9 Å². The molecule has 3 rings (SSSR count). The van der Waals surface area contributed by atoms with E-state index in [-0.39, 0.29) is 11.8 Å². The smallest absolute Gasteiger partial charge is 0.291 e. The van der Waals surface area contributed by atoms with E-state index in [4.69, 9.17) is 14.2 Å². The molecule has 0 radical (unpaired) electrons. The van der Waals surface area contributed by atoms with Crippen LogP contribution in [0.3, 0.4) is 0 Å². The van der Waals surface area contributed by atoms with E-state index in [1.54, 1.807) is 38.6 Å². The number of nitrogens with one attached hydrogen (secondary N) is 1. The lowest BCUT2D eigenvalue weighted by atomic mass is 10.1. The zero-order valence-corrected chi connectivity index (χ0v) is 17.8. The number of methoxy groups -OCH3 is 2. The molecular formula is C23H24N4O4. The van der Waals surface area contributed by atoms with Crippen molar-refractivity contribution in [1.82, 2.24) is 15.4 Å². The quantitative estimate of drug-likeness (QED) is 0.441. The van der Waals surface area contributed by atoms with Crippen LogP contribution >= 0.6 is 0 Å². The first-order valence-electron chi connectivity index (χ1n) is 9.64. The molecule has 3 aromatic rings. The largest absolute Gasteiger partial charge is 0.497 e. The minimum atomic E-state index is -0.472. The molecule has 0 aliphatic carbocycles.